The Morgan fingerprint density at radius 1 is 1.78 bits per heavy atom. The van der Waals surface area contributed by atoms with E-state index in [2.05, 4.69) is 0 Å². The first-order valence-electron chi connectivity index (χ1n) is 3.31. The zero-order valence-electron chi connectivity index (χ0n) is 5.63. The summed E-state index contributed by atoms with van der Waals surface area (Å²) in [6.07, 6.45) is 3.65. The first kappa shape index (κ1) is 6.62. The van der Waals surface area contributed by atoms with Crippen LogP contribution in [0.2, 0.25) is 0 Å². The monoisotopic (exact) mass is 128 g/mol. The Labute approximate surface area is 55.1 Å². The summed E-state index contributed by atoms with van der Waals surface area (Å²) in [6, 6.07) is 0. The lowest BCUT2D eigenvalue weighted by Crippen LogP contribution is -2.12. The van der Waals surface area contributed by atoms with E-state index in [1.165, 1.54) is 0 Å². The smallest absolute Gasteiger partial charge is 0.120 e. The Morgan fingerprint density at radius 2 is 2.56 bits per heavy atom. The highest BCUT2D eigenvalue weighted by atomic mass is 16.5. The maximum absolute atomic E-state index is 8.98. The minimum absolute atomic E-state index is 0.426. The summed E-state index contributed by atoms with van der Waals surface area (Å²) in [5.41, 5.74) is 0. The Bertz CT molecular complexity index is 116. The van der Waals surface area contributed by atoms with Gasteiger partial charge < -0.3 is 9.84 Å². The number of hydrogen-bond donors (Lipinski definition) is 1. The zero-order valence-corrected chi connectivity index (χ0v) is 5.63. The SMILES string of the molecule is C[C@H](O)C1=CCCCO1. The van der Waals surface area contributed by atoms with Crippen LogP contribution in [0.4, 0.5) is 0 Å². The predicted octanol–water partition coefficient (Wildman–Crippen LogP) is 1.06. The van der Waals surface area contributed by atoms with Gasteiger partial charge in [0.2, 0.25) is 0 Å². The van der Waals surface area contributed by atoms with Gasteiger partial charge in [0, 0.05) is 0 Å². The molecule has 0 spiro atoms. The summed E-state index contributed by atoms with van der Waals surface area (Å²) in [5, 5.41) is 8.98. The van der Waals surface area contributed by atoms with Gasteiger partial charge in [-0.05, 0) is 25.8 Å². The Kier molecular flexibility index (Phi) is 2.11. The summed E-state index contributed by atoms with van der Waals surface area (Å²) in [6.45, 7) is 2.48. The van der Waals surface area contributed by atoms with E-state index in [-0.39, 0.29) is 0 Å². The summed E-state index contributed by atoms with van der Waals surface area (Å²) in [5.74, 6) is 0.737. The van der Waals surface area contributed by atoms with Gasteiger partial charge in [0.1, 0.15) is 11.9 Å². The van der Waals surface area contributed by atoms with Crippen LogP contribution in [0.15, 0.2) is 11.8 Å². The van der Waals surface area contributed by atoms with Gasteiger partial charge >= 0.3 is 0 Å². The van der Waals surface area contributed by atoms with Gasteiger partial charge in [-0.25, -0.2) is 0 Å². The molecule has 0 radical (unpaired) electrons. The Balaban J connectivity index is 2.46. The van der Waals surface area contributed by atoms with Crippen molar-refractivity contribution in [1.82, 2.24) is 0 Å². The van der Waals surface area contributed by atoms with Crippen molar-refractivity contribution in [3.63, 3.8) is 0 Å². The number of hydrogen-bond acceptors (Lipinski definition) is 2. The number of ether oxygens (including phenoxy) is 1. The van der Waals surface area contributed by atoms with Gasteiger partial charge in [0.05, 0.1) is 6.61 Å². The molecule has 0 saturated heterocycles. The third-order valence-electron chi connectivity index (χ3n) is 1.37. The van der Waals surface area contributed by atoms with E-state index < -0.39 is 6.10 Å². The second kappa shape index (κ2) is 2.87. The molecule has 52 valence electrons. The summed E-state index contributed by atoms with van der Waals surface area (Å²) >= 11 is 0. The molecule has 0 amide bonds. The molecule has 0 aromatic rings. The van der Waals surface area contributed by atoms with Crippen LogP contribution in [0.1, 0.15) is 19.8 Å². The molecule has 0 unspecified atom stereocenters. The average Bonchev–Trinajstić information content (AvgIpc) is 1.90. The molecule has 1 N–H and O–H groups in total. The van der Waals surface area contributed by atoms with Gasteiger partial charge in [-0.2, -0.15) is 0 Å². The largest absolute Gasteiger partial charge is 0.496 e. The normalized spacial score (nSPS) is 22.2. The molecule has 0 aromatic carbocycles. The van der Waals surface area contributed by atoms with Gasteiger partial charge in [-0.1, -0.05) is 0 Å². The number of aliphatic hydroxyl groups is 1. The molecule has 2 heteroatoms. The van der Waals surface area contributed by atoms with Crippen molar-refractivity contribution in [3.8, 4) is 0 Å². The highest BCUT2D eigenvalue weighted by molar-refractivity contribution is 5.00. The molecule has 1 rings (SSSR count). The summed E-state index contributed by atoms with van der Waals surface area (Å²) in [7, 11) is 0. The van der Waals surface area contributed by atoms with Crippen molar-refractivity contribution in [2.24, 2.45) is 0 Å². The zero-order chi connectivity index (χ0) is 6.69. The van der Waals surface area contributed by atoms with Crippen molar-refractivity contribution in [3.05, 3.63) is 11.8 Å². The molecule has 1 heterocycles. The van der Waals surface area contributed by atoms with Crippen LogP contribution < -0.4 is 0 Å². The lowest BCUT2D eigenvalue weighted by atomic mass is 10.2. The topological polar surface area (TPSA) is 29.5 Å². The van der Waals surface area contributed by atoms with Crippen LogP contribution in [0.3, 0.4) is 0 Å². The second-order valence-electron chi connectivity index (χ2n) is 2.27. The number of rotatable bonds is 1. The Morgan fingerprint density at radius 3 is 2.89 bits per heavy atom. The number of aliphatic hydroxyl groups excluding tert-OH is 1. The first-order valence-corrected chi connectivity index (χ1v) is 3.31. The van der Waals surface area contributed by atoms with Gasteiger partial charge in [0.15, 0.2) is 0 Å². The molecular formula is C7H12O2. The molecule has 1 aliphatic rings. The Hall–Kier alpha value is -0.500. The van der Waals surface area contributed by atoms with Crippen molar-refractivity contribution in [2.75, 3.05) is 6.61 Å². The van der Waals surface area contributed by atoms with Crippen molar-refractivity contribution < 1.29 is 9.84 Å². The van der Waals surface area contributed by atoms with E-state index in [4.69, 9.17) is 9.84 Å². The standard InChI is InChI=1S/C7H12O2/c1-6(8)7-4-2-3-5-9-7/h4,6,8H,2-3,5H2,1H3/t6-/m0/s1. The van der Waals surface area contributed by atoms with E-state index in [0.717, 1.165) is 25.2 Å². The van der Waals surface area contributed by atoms with Crippen LogP contribution >= 0.6 is 0 Å². The average molecular weight is 128 g/mol. The van der Waals surface area contributed by atoms with E-state index in [0.29, 0.717) is 0 Å². The van der Waals surface area contributed by atoms with Gasteiger partial charge in [-0.15, -0.1) is 0 Å². The van der Waals surface area contributed by atoms with Crippen molar-refractivity contribution >= 4 is 0 Å². The maximum Gasteiger partial charge on any atom is 0.120 e. The molecule has 0 aliphatic carbocycles. The molecular weight excluding hydrogens is 116 g/mol. The predicted molar refractivity (Wildman–Crippen MR) is 34.9 cm³/mol. The maximum atomic E-state index is 8.98. The lowest BCUT2D eigenvalue weighted by Gasteiger charge is -2.16. The second-order valence-corrected chi connectivity index (χ2v) is 2.27. The fourth-order valence-corrected chi connectivity index (χ4v) is 0.868. The molecule has 0 saturated carbocycles. The summed E-state index contributed by atoms with van der Waals surface area (Å²) in [4.78, 5) is 0. The van der Waals surface area contributed by atoms with Gasteiger partial charge in [-0.3, -0.25) is 0 Å². The molecule has 0 aromatic heterocycles. The highest BCUT2D eigenvalue weighted by Gasteiger charge is 2.08. The lowest BCUT2D eigenvalue weighted by molar-refractivity contribution is 0.102. The molecule has 0 fully saturated rings. The van der Waals surface area contributed by atoms with Crippen molar-refractivity contribution in [1.29, 1.82) is 0 Å². The van der Waals surface area contributed by atoms with E-state index >= 15 is 0 Å². The van der Waals surface area contributed by atoms with Crippen LogP contribution in [0.5, 0.6) is 0 Å². The van der Waals surface area contributed by atoms with Crippen LogP contribution in [-0.2, 0) is 4.74 Å². The molecule has 9 heavy (non-hydrogen) atoms. The highest BCUT2D eigenvalue weighted by Crippen LogP contribution is 2.12. The molecule has 1 aliphatic heterocycles. The van der Waals surface area contributed by atoms with E-state index in [1.54, 1.807) is 6.92 Å². The molecule has 1 atom stereocenters. The van der Waals surface area contributed by atoms with Crippen LogP contribution in [-0.4, -0.2) is 17.8 Å². The fraction of sp³-hybridized carbons (Fsp3) is 0.714. The van der Waals surface area contributed by atoms with Crippen LogP contribution in [0, 0.1) is 0 Å². The number of allylic oxidation sites excluding steroid dienone is 1. The minimum atomic E-state index is -0.426. The molecule has 0 bridgehead atoms. The van der Waals surface area contributed by atoms with E-state index in [1.807, 2.05) is 6.08 Å². The van der Waals surface area contributed by atoms with E-state index in [9.17, 15) is 0 Å². The minimum Gasteiger partial charge on any atom is -0.496 e. The third kappa shape index (κ3) is 1.72. The fourth-order valence-electron chi connectivity index (χ4n) is 0.868. The quantitative estimate of drug-likeness (QED) is 0.572. The first-order chi connectivity index (χ1) is 4.30. The van der Waals surface area contributed by atoms with Crippen molar-refractivity contribution in [2.45, 2.75) is 25.9 Å². The van der Waals surface area contributed by atoms with Gasteiger partial charge in [0.25, 0.3) is 0 Å². The third-order valence-corrected chi connectivity index (χ3v) is 1.37. The van der Waals surface area contributed by atoms with Crippen LogP contribution in [0.25, 0.3) is 0 Å². The molecule has 2 nitrogen and oxygen atoms in total. The summed E-state index contributed by atoms with van der Waals surface area (Å²) < 4.78 is 5.15.